The quantitative estimate of drug-likeness (QED) is 0.378. The molecule has 2 atom stereocenters. The first-order valence-corrected chi connectivity index (χ1v) is 6.87. The Labute approximate surface area is 111 Å². The monoisotopic (exact) mass is 262 g/mol. The molecule has 5 heteroatoms. The normalized spacial score (nSPS) is 17.5. The van der Waals surface area contributed by atoms with Gasteiger partial charge >= 0.3 is 0 Å². The van der Waals surface area contributed by atoms with Gasteiger partial charge in [0.25, 0.3) is 0 Å². The smallest absolute Gasteiger partial charge is 0.123 e. The molecule has 5 nitrogen and oxygen atoms in total. The van der Waals surface area contributed by atoms with E-state index in [1.54, 1.807) is 0 Å². The Morgan fingerprint density at radius 1 is 1.22 bits per heavy atom. The van der Waals surface area contributed by atoms with Gasteiger partial charge in [0, 0.05) is 6.54 Å². The zero-order valence-corrected chi connectivity index (χ0v) is 12.3. The van der Waals surface area contributed by atoms with Crippen molar-refractivity contribution in [2.24, 2.45) is 17.8 Å². The zero-order valence-electron chi connectivity index (χ0n) is 12.3. The van der Waals surface area contributed by atoms with Crippen molar-refractivity contribution in [1.29, 1.82) is 0 Å². The third-order valence-electron chi connectivity index (χ3n) is 3.77. The van der Waals surface area contributed by atoms with E-state index in [-0.39, 0.29) is 25.0 Å². The fraction of sp³-hybridized carbons (Fsp3) is 1.00. The summed E-state index contributed by atoms with van der Waals surface area (Å²) in [6, 6.07) is 0. The van der Waals surface area contributed by atoms with Crippen LogP contribution in [0.15, 0.2) is 0 Å². The molecule has 0 fully saturated rings. The van der Waals surface area contributed by atoms with Crippen LogP contribution in [0.5, 0.6) is 0 Å². The second-order valence-electron chi connectivity index (χ2n) is 5.58. The maximum absolute atomic E-state index is 10.2. The summed E-state index contributed by atoms with van der Waals surface area (Å²) in [6.07, 6.45) is 1.87. The van der Waals surface area contributed by atoms with Crippen LogP contribution in [-0.2, 0) is 0 Å². The van der Waals surface area contributed by atoms with Crippen LogP contribution >= 0.6 is 0 Å². The molecule has 4 N–H and O–H groups in total. The molecule has 0 heterocycles. The van der Waals surface area contributed by atoms with Crippen LogP contribution < -0.4 is 5.48 Å². The lowest BCUT2D eigenvalue weighted by atomic mass is 9.74. The largest absolute Gasteiger partial charge is 0.395 e. The van der Waals surface area contributed by atoms with E-state index in [1.807, 2.05) is 13.8 Å². The number of hydroxylamine groups is 3. The molecule has 0 aliphatic carbocycles. The van der Waals surface area contributed by atoms with Crippen LogP contribution in [0.2, 0.25) is 0 Å². The van der Waals surface area contributed by atoms with Gasteiger partial charge < -0.3 is 15.5 Å². The third-order valence-corrected chi connectivity index (χ3v) is 3.77. The maximum Gasteiger partial charge on any atom is 0.123 e. The molecule has 18 heavy (non-hydrogen) atoms. The van der Waals surface area contributed by atoms with E-state index in [0.717, 1.165) is 17.9 Å². The molecule has 0 saturated carbocycles. The van der Waals surface area contributed by atoms with E-state index >= 15 is 0 Å². The molecule has 0 aromatic heterocycles. The topological polar surface area (TPSA) is 76.0 Å². The number of hydrogen-bond acceptors (Lipinski definition) is 5. The highest BCUT2D eigenvalue weighted by Gasteiger charge is 2.47. The SMILES string of the molecule is CCCC(C(C)C)C(NO)(C(C)C)N(O)CCO. The van der Waals surface area contributed by atoms with Gasteiger partial charge in [0.15, 0.2) is 0 Å². The summed E-state index contributed by atoms with van der Waals surface area (Å²) in [5.41, 5.74) is 1.41. The molecule has 0 spiro atoms. The number of nitrogens with zero attached hydrogens (tertiary/aromatic N) is 1. The minimum absolute atomic E-state index is 0.00185. The van der Waals surface area contributed by atoms with E-state index in [2.05, 4.69) is 26.3 Å². The van der Waals surface area contributed by atoms with Gasteiger partial charge in [-0.25, -0.2) is 0 Å². The molecule has 0 aromatic rings. The van der Waals surface area contributed by atoms with Crippen LogP contribution in [0.4, 0.5) is 0 Å². The molecule has 0 rings (SSSR count). The maximum atomic E-state index is 10.2. The van der Waals surface area contributed by atoms with Crippen molar-refractivity contribution in [3.63, 3.8) is 0 Å². The molecule has 110 valence electrons. The highest BCUT2D eigenvalue weighted by atomic mass is 16.5. The van der Waals surface area contributed by atoms with Gasteiger partial charge in [-0.1, -0.05) is 41.0 Å². The van der Waals surface area contributed by atoms with Crippen molar-refractivity contribution in [3.8, 4) is 0 Å². The van der Waals surface area contributed by atoms with Crippen LogP contribution in [0.3, 0.4) is 0 Å². The molecule has 0 saturated heterocycles. The van der Waals surface area contributed by atoms with Crippen molar-refractivity contribution < 1.29 is 15.5 Å². The predicted molar refractivity (Wildman–Crippen MR) is 71.3 cm³/mol. The minimum Gasteiger partial charge on any atom is -0.395 e. The molecule has 0 aromatic carbocycles. The Morgan fingerprint density at radius 3 is 2.06 bits per heavy atom. The van der Waals surface area contributed by atoms with Crippen molar-refractivity contribution in [2.75, 3.05) is 13.2 Å². The Balaban J connectivity index is 5.38. The Bertz CT molecular complexity index is 224. The van der Waals surface area contributed by atoms with Gasteiger partial charge in [0.05, 0.1) is 6.61 Å². The first-order chi connectivity index (χ1) is 8.38. The number of rotatable bonds is 9. The average molecular weight is 262 g/mol. The van der Waals surface area contributed by atoms with Gasteiger partial charge in [0.1, 0.15) is 5.66 Å². The summed E-state index contributed by atoms with van der Waals surface area (Å²) >= 11 is 0. The van der Waals surface area contributed by atoms with Crippen LogP contribution in [0.25, 0.3) is 0 Å². The molecular weight excluding hydrogens is 232 g/mol. The summed E-state index contributed by atoms with van der Waals surface area (Å²) in [7, 11) is 0. The standard InChI is InChI=1S/C13H30N2O3/c1-6-7-12(10(2)3)13(14-17,11(4)5)15(18)8-9-16/h10-12,14,16-18H,6-9H2,1-5H3. The van der Waals surface area contributed by atoms with E-state index in [4.69, 9.17) is 5.11 Å². The highest BCUT2D eigenvalue weighted by molar-refractivity contribution is 4.93. The van der Waals surface area contributed by atoms with Gasteiger partial charge in [-0.05, 0) is 24.2 Å². The summed E-state index contributed by atoms with van der Waals surface area (Å²) in [5, 5.41) is 30.0. The molecule has 0 aliphatic heterocycles. The molecular formula is C13H30N2O3. The summed E-state index contributed by atoms with van der Waals surface area (Å²) in [5.74, 6) is 0.391. The summed E-state index contributed by atoms with van der Waals surface area (Å²) < 4.78 is 0. The number of aliphatic hydroxyl groups excluding tert-OH is 1. The van der Waals surface area contributed by atoms with Gasteiger partial charge in [0.2, 0.25) is 0 Å². The van der Waals surface area contributed by atoms with E-state index in [9.17, 15) is 10.4 Å². The van der Waals surface area contributed by atoms with Gasteiger partial charge in [-0.15, -0.1) is 0 Å². The Hall–Kier alpha value is -0.200. The number of nitrogens with one attached hydrogen (secondary N) is 1. The minimum atomic E-state index is -0.924. The molecule has 0 bridgehead atoms. The fourth-order valence-corrected chi connectivity index (χ4v) is 2.84. The van der Waals surface area contributed by atoms with Gasteiger partial charge in [-0.2, -0.15) is 10.5 Å². The van der Waals surface area contributed by atoms with E-state index in [0.29, 0.717) is 5.92 Å². The third kappa shape index (κ3) is 3.65. The van der Waals surface area contributed by atoms with Crippen LogP contribution in [-0.4, -0.2) is 39.4 Å². The first-order valence-electron chi connectivity index (χ1n) is 6.87. The summed E-state index contributed by atoms with van der Waals surface area (Å²) in [6.45, 7) is 10.1. The lowest BCUT2D eigenvalue weighted by molar-refractivity contribution is -0.263. The summed E-state index contributed by atoms with van der Waals surface area (Å²) in [4.78, 5) is 0. The lowest BCUT2D eigenvalue weighted by Crippen LogP contribution is -2.66. The Morgan fingerprint density at radius 2 is 1.78 bits per heavy atom. The van der Waals surface area contributed by atoms with Crippen molar-refractivity contribution >= 4 is 0 Å². The second-order valence-corrected chi connectivity index (χ2v) is 5.58. The van der Waals surface area contributed by atoms with Crippen LogP contribution in [0.1, 0.15) is 47.5 Å². The first kappa shape index (κ1) is 17.8. The second kappa shape index (κ2) is 8.07. The fourth-order valence-electron chi connectivity index (χ4n) is 2.84. The number of hydrogen-bond donors (Lipinski definition) is 4. The highest BCUT2D eigenvalue weighted by Crippen LogP contribution is 2.36. The molecule has 2 unspecified atom stereocenters. The van der Waals surface area contributed by atoms with Crippen molar-refractivity contribution in [1.82, 2.24) is 10.5 Å². The van der Waals surface area contributed by atoms with Gasteiger partial charge in [-0.3, -0.25) is 0 Å². The van der Waals surface area contributed by atoms with E-state index < -0.39 is 5.66 Å². The predicted octanol–water partition coefficient (Wildman–Crippen LogP) is 2.07. The Kier molecular flexibility index (Phi) is 7.98. The zero-order chi connectivity index (χ0) is 14.3. The average Bonchev–Trinajstić information content (AvgIpc) is 2.29. The molecule has 0 radical (unpaired) electrons. The molecule has 0 aliphatic rings. The lowest BCUT2D eigenvalue weighted by Gasteiger charge is -2.49. The number of aliphatic hydroxyl groups is 1. The van der Waals surface area contributed by atoms with Crippen LogP contribution in [0, 0.1) is 17.8 Å². The van der Waals surface area contributed by atoms with Crippen molar-refractivity contribution in [2.45, 2.75) is 53.1 Å². The van der Waals surface area contributed by atoms with Crippen molar-refractivity contribution in [3.05, 3.63) is 0 Å². The van der Waals surface area contributed by atoms with E-state index in [1.165, 1.54) is 0 Å². The molecule has 0 amide bonds.